The number of aromatic nitrogens is 1. The third-order valence-corrected chi connectivity index (χ3v) is 5.89. The van der Waals surface area contributed by atoms with E-state index in [2.05, 4.69) is 47.5 Å². The van der Waals surface area contributed by atoms with Crippen molar-refractivity contribution < 1.29 is 4.79 Å². The summed E-state index contributed by atoms with van der Waals surface area (Å²) in [6.45, 7) is 4.10. The van der Waals surface area contributed by atoms with E-state index in [0.29, 0.717) is 0 Å². The molecule has 0 atom stereocenters. The fraction of sp³-hybridized carbons (Fsp3) is 0.364. The van der Waals surface area contributed by atoms with Crippen molar-refractivity contribution in [1.82, 2.24) is 10.3 Å². The van der Waals surface area contributed by atoms with Crippen LogP contribution in [0.25, 0.3) is 10.9 Å². The molecule has 4 rings (SSSR count). The van der Waals surface area contributed by atoms with E-state index in [1.165, 1.54) is 16.8 Å². The number of benzene rings is 1. The number of rotatable bonds is 5. The van der Waals surface area contributed by atoms with E-state index < -0.39 is 0 Å². The van der Waals surface area contributed by atoms with Crippen LogP contribution in [0.3, 0.4) is 0 Å². The molecule has 0 saturated carbocycles. The summed E-state index contributed by atoms with van der Waals surface area (Å²) in [6.07, 6.45) is 4.04. The van der Waals surface area contributed by atoms with E-state index >= 15 is 0 Å². The van der Waals surface area contributed by atoms with Crippen molar-refractivity contribution in [2.45, 2.75) is 38.6 Å². The van der Waals surface area contributed by atoms with E-state index in [-0.39, 0.29) is 11.9 Å². The lowest BCUT2D eigenvalue weighted by atomic mass is 10.0. The number of para-hydroxylation sites is 1. The smallest absolute Gasteiger partial charge is 0.252 e. The molecule has 5 heteroatoms. The monoisotopic (exact) mass is 379 g/mol. The number of hydrogen-bond acceptors (Lipinski definition) is 4. The molecule has 1 amide bonds. The molecule has 1 N–H and O–H groups in total. The van der Waals surface area contributed by atoms with Gasteiger partial charge in [-0.25, -0.2) is 0 Å². The lowest BCUT2D eigenvalue weighted by Crippen LogP contribution is -2.44. The van der Waals surface area contributed by atoms with Gasteiger partial charge in [0.1, 0.15) is 0 Å². The van der Waals surface area contributed by atoms with Crippen LogP contribution < -0.4 is 10.2 Å². The van der Waals surface area contributed by atoms with Gasteiger partial charge in [-0.15, -0.1) is 0 Å². The highest BCUT2D eigenvalue weighted by molar-refractivity contribution is 7.08. The predicted molar refractivity (Wildman–Crippen MR) is 113 cm³/mol. The Morgan fingerprint density at radius 1 is 1.26 bits per heavy atom. The summed E-state index contributed by atoms with van der Waals surface area (Å²) >= 11 is 1.56. The predicted octanol–water partition coefficient (Wildman–Crippen LogP) is 4.65. The van der Waals surface area contributed by atoms with E-state index in [1.807, 2.05) is 16.8 Å². The number of carbonyl (C=O) groups is 1. The van der Waals surface area contributed by atoms with Gasteiger partial charge in [-0.1, -0.05) is 31.5 Å². The number of amides is 1. The minimum atomic E-state index is 0.0503. The van der Waals surface area contributed by atoms with Crippen molar-refractivity contribution in [2.24, 2.45) is 0 Å². The molecule has 1 fully saturated rings. The Morgan fingerprint density at radius 3 is 2.81 bits per heavy atom. The van der Waals surface area contributed by atoms with Gasteiger partial charge in [-0.3, -0.25) is 9.78 Å². The summed E-state index contributed by atoms with van der Waals surface area (Å²) in [4.78, 5) is 19.6. The maximum atomic E-state index is 12.3. The number of nitrogens with zero attached hydrogens (tertiary/aromatic N) is 2. The van der Waals surface area contributed by atoms with Gasteiger partial charge in [0.15, 0.2) is 0 Å². The van der Waals surface area contributed by atoms with Crippen molar-refractivity contribution in [3.63, 3.8) is 0 Å². The highest BCUT2D eigenvalue weighted by atomic mass is 32.1. The summed E-state index contributed by atoms with van der Waals surface area (Å²) in [6, 6.07) is 12.8. The average molecular weight is 380 g/mol. The van der Waals surface area contributed by atoms with Crippen LogP contribution in [0.5, 0.6) is 0 Å². The lowest BCUT2D eigenvalue weighted by molar-refractivity contribution is 0.0931. The molecule has 0 spiro atoms. The third-order valence-electron chi connectivity index (χ3n) is 5.21. The Hall–Kier alpha value is -2.40. The van der Waals surface area contributed by atoms with Crippen LogP contribution in [-0.4, -0.2) is 30.0 Å². The zero-order valence-corrected chi connectivity index (χ0v) is 16.5. The van der Waals surface area contributed by atoms with Crippen molar-refractivity contribution in [3.05, 3.63) is 58.4 Å². The fourth-order valence-electron chi connectivity index (χ4n) is 3.78. The maximum Gasteiger partial charge on any atom is 0.252 e. The molecular formula is C22H25N3OS. The van der Waals surface area contributed by atoms with E-state index in [0.717, 1.165) is 49.9 Å². The number of carbonyl (C=O) groups excluding carboxylic acids is 1. The largest absolute Gasteiger partial charge is 0.371 e. The molecule has 0 aliphatic carbocycles. The molecule has 0 bridgehead atoms. The highest BCUT2D eigenvalue weighted by Gasteiger charge is 2.23. The average Bonchev–Trinajstić information content (AvgIpc) is 3.23. The van der Waals surface area contributed by atoms with Gasteiger partial charge in [0.25, 0.3) is 5.91 Å². The first-order valence-corrected chi connectivity index (χ1v) is 10.7. The first-order chi connectivity index (χ1) is 13.2. The zero-order chi connectivity index (χ0) is 18.6. The second-order valence-corrected chi connectivity index (χ2v) is 7.93. The van der Waals surface area contributed by atoms with Crippen LogP contribution in [-0.2, 0) is 6.42 Å². The van der Waals surface area contributed by atoms with Crippen LogP contribution in [0, 0.1) is 0 Å². The number of anilines is 1. The Bertz CT molecular complexity index is 914. The second kappa shape index (κ2) is 8.09. The highest BCUT2D eigenvalue weighted by Crippen LogP contribution is 2.29. The normalized spacial score (nSPS) is 15.2. The number of thiophene rings is 1. The molecule has 27 heavy (non-hydrogen) atoms. The van der Waals surface area contributed by atoms with Crippen LogP contribution in [0.15, 0.2) is 47.2 Å². The second-order valence-electron chi connectivity index (χ2n) is 7.15. The van der Waals surface area contributed by atoms with Gasteiger partial charge < -0.3 is 10.2 Å². The standard InChI is InChI=1S/C22H25N3OS/c1-2-5-18-14-21(19-6-3-4-7-20(19)23-18)25-11-8-17(9-12-25)24-22(26)16-10-13-27-15-16/h3-4,6-7,10,13-15,17H,2,5,8-9,11-12H2,1H3,(H,24,26). The van der Waals surface area contributed by atoms with Crippen molar-refractivity contribution in [3.8, 4) is 0 Å². The van der Waals surface area contributed by atoms with Gasteiger partial charge in [0, 0.05) is 46.8 Å². The number of aryl methyl sites for hydroxylation is 1. The van der Waals surface area contributed by atoms with Gasteiger partial charge in [-0.2, -0.15) is 11.3 Å². The SMILES string of the molecule is CCCc1cc(N2CCC(NC(=O)c3ccsc3)CC2)c2ccccc2n1. The number of fused-ring (bicyclic) bond motifs is 1. The molecule has 3 heterocycles. The van der Waals surface area contributed by atoms with E-state index in [4.69, 9.17) is 4.98 Å². The van der Waals surface area contributed by atoms with Gasteiger partial charge in [-0.05, 0) is 42.8 Å². The third kappa shape index (κ3) is 3.98. The summed E-state index contributed by atoms with van der Waals surface area (Å²) in [7, 11) is 0. The van der Waals surface area contributed by atoms with Crippen LogP contribution >= 0.6 is 11.3 Å². The van der Waals surface area contributed by atoms with Crippen LogP contribution in [0.4, 0.5) is 5.69 Å². The van der Waals surface area contributed by atoms with Gasteiger partial charge in [0.05, 0.1) is 5.52 Å². The summed E-state index contributed by atoms with van der Waals surface area (Å²) in [5, 5.41) is 8.26. The Morgan fingerprint density at radius 2 is 2.07 bits per heavy atom. The Labute approximate surface area is 164 Å². The molecular weight excluding hydrogens is 354 g/mol. The van der Waals surface area contributed by atoms with Crippen LogP contribution in [0.1, 0.15) is 42.2 Å². The molecule has 4 nitrogen and oxygen atoms in total. The topological polar surface area (TPSA) is 45.2 Å². The molecule has 1 aromatic carbocycles. The molecule has 140 valence electrons. The summed E-state index contributed by atoms with van der Waals surface area (Å²) in [5.41, 5.74) is 4.30. The summed E-state index contributed by atoms with van der Waals surface area (Å²) in [5.74, 6) is 0.0503. The van der Waals surface area contributed by atoms with Gasteiger partial charge >= 0.3 is 0 Å². The number of hydrogen-bond donors (Lipinski definition) is 1. The lowest BCUT2D eigenvalue weighted by Gasteiger charge is -2.34. The summed E-state index contributed by atoms with van der Waals surface area (Å²) < 4.78 is 0. The Kier molecular flexibility index (Phi) is 5.39. The molecule has 0 radical (unpaired) electrons. The van der Waals surface area contributed by atoms with E-state index in [1.54, 1.807) is 11.3 Å². The minimum Gasteiger partial charge on any atom is -0.371 e. The maximum absolute atomic E-state index is 12.3. The quantitative estimate of drug-likeness (QED) is 0.702. The number of nitrogens with one attached hydrogen (secondary N) is 1. The fourth-order valence-corrected chi connectivity index (χ4v) is 4.42. The van der Waals surface area contributed by atoms with Crippen molar-refractivity contribution in [1.29, 1.82) is 0 Å². The Balaban J connectivity index is 1.48. The zero-order valence-electron chi connectivity index (χ0n) is 15.6. The molecule has 0 unspecified atom stereocenters. The van der Waals surface area contributed by atoms with Crippen molar-refractivity contribution in [2.75, 3.05) is 18.0 Å². The first kappa shape index (κ1) is 18.0. The molecule has 1 aliphatic rings. The van der Waals surface area contributed by atoms with E-state index in [9.17, 15) is 4.79 Å². The molecule has 2 aromatic heterocycles. The molecule has 1 saturated heterocycles. The first-order valence-electron chi connectivity index (χ1n) is 9.71. The number of piperidine rings is 1. The molecule has 3 aromatic rings. The minimum absolute atomic E-state index is 0.0503. The van der Waals surface area contributed by atoms with Crippen LogP contribution in [0.2, 0.25) is 0 Å². The van der Waals surface area contributed by atoms with Gasteiger partial charge in [0.2, 0.25) is 0 Å². The van der Waals surface area contributed by atoms with Crippen molar-refractivity contribution >= 4 is 33.8 Å². The number of pyridine rings is 1. The molecule has 1 aliphatic heterocycles.